The van der Waals surface area contributed by atoms with E-state index in [0.717, 1.165) is 23.3 Å². The molecule has 1 unspecified atom stereocenters. The van der Waals surface area contributed by atoms with Gasteiger partial charge in [0.1, 0.15) is 5.75 Å². The van der Waals surface area contributed by atoms with Crippen LogP contribution in [0.5, 0.6) is 5.75 Å². The summed E-state index contributed by atoms with van der Waals surface area (Å²) in [6.45, 7) is 6.17. The molecule has 2 aromatic rings. The smallest absolute Gasteiger partial charge is 0.127 e. The second-order valence-corrected chi connectivity index (χ2v) is 5.67. The van der Waals surface area contributed by atoms with Crippen molar-refractivity contribution in [3.8, 4) is 5.75 Å². The first kappa shape index (κ1) is 15.6. The highest BCUT2D eigenvalue weighted by atomic mass is 16.5. The van der Waals surface area contributed by atoms with E-state index in [1.165, 1.54) is 16.7 Å². The molecule has 0 amide bonds. The summed E-state index contributed by atoms with van der Waals surface area (Å²) in [7, 11) is 1.66. The molecule has 0 aliphatic rings. The molecule has 0 radical (unpaired) electrons. The van der Waals surface area contributed by atoms with Crippen LogP contribution in [-0.4, -0.2) is 12.2 Å². The minimum Gasteiger partial charge on any atom is -0.496 e. The van der Waals surface area contributed by atoms with Crippen molar-refractivity contribution >= 4 is 0 Å². The molecule has 0 bridgehead atoms. The molecule has 0 spiro atoms. The first-order valence-electron chi connectivity index (χ1n) is 7.40. The molecule has 2 nitrogen and oxygen atoms in total. The minimum atomic E-state index is -0.499. The van der Waals surface area contributed by atoms with Gasteiger partial charge in [-0.15, -0.1) is 0 Å². The number of aliphatic hydroxyl groups excluding tert-OH is 1. The summed E-state index contributed by atoms with van der Waals surface area (Å²) in [6.07, 6.45) is 1.06. The van der Waals surface area contributed by atoms with Crippen molar-refractivity contribution in [2.24, 2.45) is 0 Å². The van der Waals surface area contributed by atoms with Crippen LogP contribution in [0.4, 0.5) is 0 Å². The Morgan fingerprint density at radius 3 is 2.29 bits per heavy atom. The Labute approximate surface area is 127 Å². The first-order chi connectivity index (χ1) is 10.0. The van der Waals surface area contributed by atoms with Crippen LogP contribution in [-0.2, 0) is 6.42 Å². The summed E-state index contributed by atoms with van der Waals surface area (Å²) in [5, 5.41) is 10.5. The molecule has 112 valence electrons. The molecule has 2 heteroatoms. The van der Waals surface area contributed by atoms with Gasteiger partial charge in [-0.1, -0.05) is 42.0 Å². The molecule has 1 N–H and O–H groups in total. The van der Waals surface area contributed by atoms with Crippen molar-refractivity contribution in [2.45, 2.75) is 39.7 Å². The average Bonchev–Trinajstić information content (AvgIpc) is 2.49. The largest absolute Gasteiger partial charge is 0.496 e. The molecular weight excluding hydrogens is 260 g/mol. The normalized spacial score (nSPS) is 12.2. The van der Waals surface area contributed by atoms with E-state index in [9.17, 15) is 5.11 Å². The maximum absolute atomic E-state index is 10.5. The predicted octanol–water partition coefficient (Wildman–Crippen LogP) is 4.29. The lowest BCUT2D eigenvalue weighted by Gasteiger charge is -2.18. The Morgan fingerprint density at radius 1 is 1.00 bits per heavy atom. The van der Waals surface area contributed by atoms with Crippen LogP contribution < -0.4 is 4.74 Å². The topological polar surface area (TPSA) is 29.5 Å². The van der Waals surface area contributed by atoms with E-state index < -0.39 is 6.10 Å². The fourth-order valence-electron chi connectivity index (χ4n) is 2.56. The Kier molecular flexibility index (Phi) is 5.03. The number of hydrogen-bond acceptors (Lipinski definition) is 2. The Hall–Kier alpha value is -1.80. The maximum Gasteiger partial charge on any atom is 0.127 e. The number of hydrogen-bond donors (Lipinski definition) is 1. The van der Waals surface area contributed by atoms with Gasteiger partial charge in [-0.2, -0.15) is 0 Å². The zero-order valence-electron chi connectivity index (χ0n) is 13.3. The molecule has 0 fully saturated rings. The molecule has 0 aliphatic heterocycles. The highest BCUT2D eigenvalue weighted by Gasteiger charge is 2.16. The Morgan fingerprint density at radius 2 is 1.67 bits per heavy atom. The van der Waals surface area contributed by atoms with E-state index in [0.29, 0.717) is 6.42 Å². The lowest BCUT2D eigenvalue weighted by molar-refractivity contribution is 0.163. The van der Waals surface area contributed by atoms with Crippen molar-refractivity contribution in [1.29, 1.82) is 0 Å². The van der Waals surface area contributed by atoms with Gasteiger partial charge in [-0.05, 0) is 50.3 Å². The molecule has 2 aromatic carbocycles. The van der Waals surface area contributed by atoms with Crippen LogP contribution in [0.2, 0.25) is 0 Å². The molecule has 0 saturated carbocycles. The summed E-state index contributed by atoms with van der Waals surface area (Å²) >= 11 is 0. The summed E-state index contributed by atoms with van der Waals surface area (Å²) < 4.78 is 5.49. The van der Waals surface area contributed by atoms with Crippen molar-refractivity contribution in [1.82, 2.24) is 0 Å². The summed E-state index contributed by atoms with van der Waals surface area (Å²) in [4.78, 5) is 0. The molecule has 0 aliphatic carbocycles. The second kappa shape index (κ2) is 6.77. The highest BCUT2D eigenvalue weighted by Crippen LogP contribution is 2.32. The van der Waals surface area contributed by atoms with Gasteiger partial charge < -0.3 is 9.84 Å². The molecule has 21 heavy (non-hydrogen) atoms. The van der Waals surface area contributed by atoms with Crippen LogP contribution in [0.3, 0.4) is 0 Å². The predicted molar refractivity (Wildman–Crippen MR) is 86.9 cm³/mol. The van der Waals surface area contributed by atoms with Crippen LogP contribution in [0.25, 0.3) is 0 Å². The zero-order chi connectivity index (χ0) is 15.4. The van der Waals surface area contributed by atoms with Crippen LogP contribution in [0.1, 0.15) is 40.3 Å². The van der Waals surface area contributed by atoms with Crippen molar-refractivity contribution < 1.29 is 9.84 Å². The van der Waals surface area contributed by atoms with Gasteiger partial charge in [-0.3, -0.25) is 0 Å². The summed E-state index contributed by atoms with van der Waals surface area (Å²) in [5.41, 5.74) is 5.68. The third-order valence-corrected chi connectivity index (χ3v) is 4.10. The quantitative estimate of drug-likeness (QED) is 0.887. The Balaban J connectivity index is 2.11. The summed E-state index contributed by atoms with van der Waals surface area (Å²) in [6, 6.07) is 12.5. The zero-order valence-corrected chi connectivity index (χ0v) is 13.3. The molecule has 1 atom stereocenters. The third-order valence-electron chi connectivity index (χ3n) is 4.10. The van der Waals surface area contributed by atoms with Crippen molar-refractivity contribution in [3.63, 3.8) is 0 Å². The maximum atomic E-state index is 10.5. The molecule has 0 aromatic heterocycles. The first-order valence-corrected chi connectivity index (χ1v) is 7.40. The van der Waals surface area contributed by atoms with Gasteiger partial charge in [0.25, 0.3) is 0 Å². The van der Waals surface area contributed by atoms with Crippen LogP contribution in [0, 0.1) is 20.8 Å². The van der Waals surface area contributed by atoms with Gasteiger partial charge in [0.15, 0.2) is 0 Å². The minimum absolute atomic E-state index is 0.499. The molecule has 0 heterocycles. The monoisotopic (exact) mass is 284 g/mol. The molecule has 2 rings (SSSR count). The number of aliphatic hydroxyl groups is 1. The number of aryl methyl sites for hydroxylation is 3. The lowest BCUT2D eigenvalue weighted by Crippen LogP contribution is -2.04. The number of methoxy groups -OCH3 is 1. The van der Waals surface area contributed by atoms with E-state index in [4.69, 9.17) is 4.74 Å². The molecular formula is C19H24O2. The van der Waals surface area contributed by atoms with E-state index >= 15 is 0 Å². The SMILES string of the molecule is COc1c(C(O)CCc2ccc(C)cc2)ccc(C)c1C. The van der Waals surface area contributed by atoms with Crippen molar-refractivity contribution in [2.75, 3.05) is 7.11 Å². The van der Waals surface area contributed by atoms with Gasteiger partial charge in [-0.25, -0.2) is 0 Å². The number of ether oxygens (including phenoxy) is 1. The average molecular weight is 284 g/mol. The van der Waals surface area contributed by atoms with Gasteiger partial charge in [0, 0.05) is 5.56 Å². The Bertz CT molecular complexity index is 600. The van der Waals surface area contributed by atoms with Crippen LogP contribution >= 0.6 is 0 Å². The highest BCUT2D eigenvalue weighted by molar-refractivity contribution is 5.46. The van der Waals surface area contributed by atoms with Gasteiger partial charge in [0.2, 0.25) is 0 Å². The summed E-state index contributed by atoms with van der Waals surface area (Å²) in [5.74, 6) is 0.811. The van der Waals surface area contributed by atoms with E-state index in [1.807, 2.05) is 19.1 Å². The number of benzene rings is 2. The third kappa shape index (κ3) is 3.64. The lowest BCUT2D eigenvalue weighted by atomic mass is 9.96. The van der Waals surface area contributed by atoms with Crippen LogP contribution in [0.15, 0.2) is 36.4 Å². The van der Waals surface area contributed by atoms with Gasteiger partial charge in [0.05, 0.1) is 13.2 Å². The second-order valence-electron chi connectivity index (χ2n) is 5.67. The van der Waals surface area contributed by atoms with Gasteiger partial charge >= 0.3 is 0 Å². The van der Waals surface area contributed by atoms with E-state index in [2.05, 4.69) is 38.1 Å². The standard InChI is InChI=1S/C19H24O2/c1-13-5-8-16(9-6-13)10-12-18(20)17-11-7-14(2)15(3)19(17)21-4/h5-9,11,18,20H,10,12H2,1-4H3. The fourth-order valence-corrected chi connectivity index (χ4v) is 2.56. The van der Waals surface area contributed by atoms with E-state index in [1.54, 1.807) is 7.11 Å². The number of rotatable bonds is 5. The van der Waals surface area contributed by atoms with E-state index in [-0.39, 0.29) is 0 Å². The van der Waals surface area contributed by atoms with Crippen molar-refractivity contribution in [3.05, 3.63) is 64.2 Å². The molecule has 0 saturated heterocycles. The fraction of sp³-hybridized carbons (Fsp3) is 0.368.